The summed E-state index contributed by atoms with van der Waals surface area (Å²) in [6.45, 7) is 4.78. The van der Waals surface area contributed by atoms with Crippen LogP contribution >= 0.6 is 0 Å². The normalized spacial score (nSPS) is 18.3. The van der Waals surface area contributed by atoms with E-state index in [0.29, 0.717) is 30.7 Å². The lowest BCUT2D eigenvalue weighted by Gasteiger charge is -2.11. The maximum Gasteiger partial charge on any atom is 0.311 e. The van der Waals surface area contributed by atoms with Crippen LogP contribution in [-0.4, -0.2) is 36.2 Å². The van der Waals surface area contributed by atoms with Crippen LogP contribution in [0.15, 0.2) is 12.1 Å². The Morgan fingerprint density at radius 3 is 3.00 bits per heavy atom. The molecular weight excluding hydrogens is 248 g/mol. The van der Waals surface area contributed by atoms with Crippen molar-refractivity contribution in [3.8, 4) is 0 Å². The molecule has 104 valence electrons. The number of nitro groups is 1. The number of hydrogen-bond donors (Lipinski definition) is 2. The third-order valence-electron chi connectivity index (χ3n) is 3.01. The van der Waals surface area contributed by atoms with Crippen LogP contribution in [0.3, 0.4) is 0 Å². The third-order valence-corrected chi connectivity index (χ3v) is 3.01. The van der Waals surface area contributed by atoms with Gasteiger partial charge in [0.25, 0.3) is 0 Å². The second kappa shape index (κ2) is 6.33. The van der Waals surface area contributed by atoms with Gasteiger partial charge in [0, 0.05) is 31.7 Å². The van der Waals surface area contributed by atoms with E-state index in [4.69, 9.17) is 4.74 Å². The van der Waals surface area contributed by atoms with Crippen molar-refractivity contribution in [2.24, 2.45) is 5.92 Å². The van der Waals surface area contributed by atoms with Crippen LogP contribution in [0.5, 0.6) is 0 Å². The van der Waals surface area contributed by atoms with Gasteiger partial charge in [0.1, 0.15) is 5.82 Å². The summed E-state index contributed by atoms with van der Waals surface area (Å²) in [5.41, 5.74) is 0.000526. The molecule has 1 saturated heterocycles. The van der Waals surface area contributed by atoms with Gasteiger partial charge in [0.05, 0.1) is 11.5 Å². The highest BCUT2D eigenvalue weighted by atomic mass is 16.6. The molecule has 2 rings (SSSR count). The molecule has 19 heavy (non-hydrogen) atoms. The van der Waals surface area contributed by atoms with Crippen molar-refractivity contribution in [1.29, 1.82) is 0 Å². The number of anilines is 2. The monoisotopic (exact) mass is 266 g/mol. The summed E-state index contributed by atoms with van der Waals surface area (Å²) >= 11 is 0. The van der Waals surface area contributed by atoms with Gasteiger partial charge in [-0.15, -0.1) is 0 Å². The fourth-order valence-corrected chi connectivity index (χ4v) is 1.99. The highest BCUT2D eigenvalue weighted by Gasteiger charge is 2.19. The third kappa shape index (κ3) is 3.54. The number of nitrogens with zero attached hydrogens (tertiary/aromatic N) is 2. The van der Waals surface area contributed by atoms with E-state index in [0.717, 1.165) is 19.6 Å². The van der Waals surface area contributed by atoms with Gasteiger partial charge in [-0.05, 0) is 19.4 Å². The maximum atomic E-state index is 11.0. The van der Waals surface area contributed by atoms with Crippen molar-refractivity contribution in [2.75, 3.05) is 36.9 Å². The smallest absolute Gasteiger partial charge is 0.311 e. The first-order chi connectivity index (χ1) is 9.20. The standard InChI is InChI=1S/C12H18N4O3/c1-2-13-11-4-3-10(16(17)18)12(15-11)14-7-9-5-6-19-8-9/h3-4,9H,2,5-8H2,1H3,(H2,13,14,15). The first-order valence-corrected chi connectivity index (χ1v) is 6.41. The summed E-state index contributed by atoms with van der Waals surface area (Å²) in [6.07, 6.45) is 0.980. The summed E-state index contributed by atoms with van der Waals surface area (Å²) in [5.74, 6) is 1.35. The molecule has 0 amide bonds. The molecule has 0 radical (unpaired) electrons. The van der Waals surface area contributed by atoms with E-state index in [1.807, 2.05) is 6.92 Å². The first-order valence-electron chi connectivity index (χ1n) is 6.41. The van der Waals surface area contributed by atoms with E-state index in [1.165, 1.54) is 6.07 Å². The number of aromatic nitrogens is 1. The van der Waals surface area contributed by atoms with E-state index in [1.54, 1.807) is 6.07 Å². The Morgan fingerprint density at radius 2 is 2.37 bits per heavy atom. The molecule has 1 fully saturated rings. The Hall–Kier alpha value is -1.89. The van der Waals surface area contributed by atoms with E-state index in [2.05, 4.69) is 15.6 Å². The molecule has 7 heteroatoms. The van der Waals surface area contributed by atoms with E-state index >= 15 is 0 Å². The quantitative estimate of drug-likeness (QED) is 0.603. The molecule has 0 aliphatic carbocycles. The predicted molar refractivity (Wildman–Crippen MR) is 72.5 cm³/mol. The molecule has 0 spiro atoms. The SMILES string of the molecule is CCNc1ccc([N+](=O)[O-])c(NCC2CCOC2)n1. The summed E-state index contributed by atoms with van der Waals surface area (Å²) in [7, 11) is 0. The Kier molecular flexibility index (Phi) is 4.51. The molecule has 0 saturated carbocycles. The Labute approximate surface area is 111 Å². The molecule has 1 aliphatic rings. The summed E-state index contributed by atoms with van der Waals surface area (Å²) < 4.78 is 5.28. The van der Waals surface area contributed by atoms with Crippen molar-refractivity contribution in [1.82, 2.24) is 4.98 Å². The van der Waals surface area contributed by atoms with E-state index in [-0.39, 0.29) is 5.69 Å². The number of rotatable bonds is 6. The van der Waals surface area contributed by atoms with Crippen molar-refractivity contribution in [2.45, 2.75) is 13.3 Å². The van der Waals surface area contributed by atoms with Crippen LogP contribution in [0.4, 0.5) is 17.3 Å². The zero-order valence-corrected chi connectivity index (χ0v) is 10.9. The predicted octanol–water partition coefficient (Wildman–Crippen LogP) is 1.87. The van der Waals surface area contributed by atoms with Crippen molar-refractivity contribution >= 4 is 17.3 Å². The topological polar surface area (TPSA) is 89.3 Å². The number of pyridine rings is 1. The summed E-state index contributed by atoms with van der Waals surface area (Å²) in [5, 5.41) is 17.1. The van der Waals surface area contributed by atoms with Gasteiger partial charge in [0.2, 0.25) is 5.82 Å². The Bertz CT molecular complexity index is 447. The van der Waals surface area contributed by atoms with Crippen LogP contribution in [0.2, 0.25) is 0 Å². The van der Waals surface area contributed by atoms with Crippen molar-refractivity contribution in [3.05, 3.63) is 22.2 Å². The van der Waals surface area contributed by atoms with E-state index in [9.17, 15) is 10.1 Å². The zero-order chi connectivity index (χ0) is 13.7. The zero-order valence-electron chi connectivity index (χ0n) is 10.9. The van der Waals surface area contributed by atoms with E-state index < -0.39 is 4.92 Å². The molecular formula is C12H18N4O3. The Morgan fingerprint density at radius 1 is 1.53 bits per heavy atom. The minimum Gasteiger partial charge on any atom is -0.381 e. The molecule has 1 aliphatic heterocycles. The first kappa shape index (κ1) is 13.5. The van der Waals surface area contributed by atoms with Gasteiger partial charge in [-0.2, -0.15) is 0 Å². The largest absolute Gasteiger partial charge is 0.381 e. The van der Waals surface area contributed by atoms with Crippen LogP contribution < -0.4 is 10.6 Å². The lowest BCUT2D eigenvalue weighted by molar-refractivity contribution is -0.384. The Balaban J connectivity index is 2.09. The second-order valence-corrected chi connectivity index (χ2v) is 4.46. The fraction of sp³-hybridized carbons (Fsp3) is 0.583. The van der Waals surface area contributed by atoms with Crippen LogP contribution in [0.25, 0.3) is 0 Å². The van der Waals surface area contributed by atoms with Gasteiger partial charge in [-0.1, -0.05) is 0 Å². The molecule has 7 nitrogen and oxygen atoms in total. The van der Waals surface area contributed by atoms with Crippen LogP contribution in [0.1, 0.15) is 13.3 Å². The van der Waals surface area contributed by atoms with Gasteiger partial charge in [-0.3, -0.25) is 10.1 Å². The van der Waals surface area contributed by atoms with Gasteiger partial charge in [0.15, 0.2) is 0 Å². The molecule has 0 aromatic carbocycles. The minimum atomic E-state index is -0.420. The minimum absolute atomic E-state index is 0.000526. The van der Waals surface area contributed by atoms with Crippen LogP contribution in [0, 0.1) is 16.0 Å². The summed E-state index contributed by atoms with van der Waals surface area (Å²) in [6, 6.07) is 3.09. The molecule has 0 bridgehead atoms. The highest BCUT2D eigenvalue weighted by molar-refractivity contribution is 5.60. The molecule has 1 aromatic rings. The number of ether oxygens (including phenoxy) is 1. The number of hydrogen-bond acceptors (Lipinski definition) is 6. The highest BCUT2D eigenvalue weighted by Crippen LogP contribution is 2.24. The van der Waals surface area contributed by atoms with Gasteiger partial charge < -0.3 is 15.4 Å². The fourth-order valence-electron chi connectivity index (χ4n) is 1.99. The average molecular weight is 266 g/mol. The van der Waals surface area contributed by atoms with Crippen molar-refractivity contribution < 1.29 is 9.66 Å². The molecule has 1 unspecified atom stereocenters. The molecule has 2 heterocycles. The van der Waals surface area contributed by atoms with Gasteiger partial charge >= 0.3 is 5.69 Å². The molecule has 2 N–H and O–H groups in total. The lowest BCUT2D eigenvalue weighted by atomic mass is 10.1. The molecule has 1 atom stereocenters. The summed E-state index contributed by atoms with van der Waals surface area (Å²) in [4.78, 5) is 14.8. The van der Waals surface area contributed by atoms with Gasteiger partial charge in [-0.25, -0.2) is 4.98 Å². The second-order valence-electron chi connectivity index (χ2n) is 4.46. The number of nitrogens with one attached hydrogen (secondary N) is 2. The lowest BCUT2D eigenvalue weighted by Crippen LogP contribution is -2.16. The molecule has 1 aromatic heterocycles. The van der Waals surface area contributed by atoms with Crippen LogP contribution in [-0.2, 0) is 4.74 Å². The maximum absolute atomic E-state index is 11.0. The average Bonchev–Trinajstić information content (AvgIpc) is 2.89. The van der Waals surface area contributed by atoms with Crippen molar-refractivity contribution in [3.63, 3.8) is 0 Å².